The number of aliphatic carboxylic acids is 1. The van der Waals surface area contributed by atoms with Crippen molar-refractivity contribution >= 4 is 15.4 Å². The first kappa shape index (κ1) is 10.7. The van der Waals surface area contributed by atoms with Crippen molar-refractivity contribution in [1.29, 1.82) is 0 Å². The van der Waals surface area contributed by atoms with Crippen molar-refractivity contribution in [3.63, 3.8) is 0 Å². The molecule has 1 atom stereocenters. The lowest BCUT2D eigenvalue weighted by Gasteiger charge is -2.23. The van der Waals surface area contributed by atoms with E-state index in [1.165, 1.54) is 5.57 Å². The molecule has 1 aliphatic rings. The zero-order valence-corrected chi connectivity index (χ0v) is 8.85. The lowest BCUT2D eigenvalue weighted by atomic mass is 10.0. The van der Waals surface area contributed by atoms with Gasteiger partial charge in [0.25, 0.3) is 0 Å². The highest BCUT2D eigenvalue weighted by molar-refractivity contribution is 7.13. The molecule has 1 unspecified atom stereocenters. The van der Waals surface area contributed by atoms with E-state index >= 15 is 0 Å². The number of carboxylic acid groups (broad SMARTS) is 1. The van der Waals surface area contributed by atoms with Gasteiger partial charge in [0.2, 0.25) is 0 Å². The molecule has 0 aliphatic carbocycles. The lowest BCUT2D eigenvalue weighted by molar-refractivity contribution is -0.136. The highest BCUT2D eigenvalue weighted by Gasteiger charge is 2.09. The monoisotopic (exact) mass is 201 g/mol. The molecule has 74 valence electrons. The minimum atomic E-state index is -0.708. The predicted molar refractivity (Wildman–Crippen MR) is 55.5 cm³/mol. The van der Waals surface area contributed by atoms with Gasteiger partial charge in [0.15, 0.2) is 0 Å². The van der Waals surface area contributed by atoms with Crippen molar-refractivity contribution in [2.75, 3.05) is 13.1 Å². The van der Waals surface area contributed by atoms with Gasteiger partial charge in [-0.15, -0.1) is 0 Å². The zero-order valence-electron chi connectivity index (χ0n) is 7.70. The summed E-state index contributed by atoms with van der Waals surface area (Å²) in [6.45, 7) is 2.15. The molecule has 0 saturated carbocycles. The number of hydrogen-bond donors (Lipinski definition) is 1. The van der Waals surface area contributed by atoms with Gasteiger partial charge in [-0.25, -0.2) is 0 Å². The van der Waals surface area contributed by atoms with Crippen molar-refractivity contribution in [1.82, 2.24) is 4.67 Å². The average molecular weight is 201 g/mol. The molecule has 4 heteroatoms. The van der Waals surface area contributed by atoms with Crippen LogP contribution in [0.5, 0.6) is 0 Å². The Morgan fingerprint density at radius 2 is 2.15 bits per heavy atom. The maximum absolute atomic E-state index is 10.3. The fraction of sp³-hybridized carbons (Fsp3) is 0.667. The molecule has 3 nitrogen and oxygen atoms in total. The van der Waals surface area contributed by atoms with Crippen molar-refractivity contribution < 1.29 is 9.90 Å². The van der Waals surface area contributed by atoms with Gasteiger partial charge >= 0.3 is 5.97 Å². The first-order valence-corrected chi connectivity index (χ1v) is 5.09. The summed E-state index contributed by atoms with van der Waals surface area (Å²) in [4.78, 5) is 10.3. The summed E-state index contributed by atoms with van der Waals surface area (Å²) in [5.74, 6) is -0.708. The van der Waals surface area contributed by atoms with Crippen LogP contribution in [0.1, 0.15) is 25.7 Å². The van der Waals surface area contributed by atoms with E-state index in [1.54, 1.807) is 0 Å². The molecule has 0 aromatic heterocycles. The van der Waals surface area contributed by atoms with E-state index in [-0.39, 0.29) is 6.42 Å². The molecular formula is C9H16NO2P. The molecule has 0 aromatic rings. The lowest BCUT2D eigenvalue weighted by Crippen LogP contribution is -2.20. The first-order chi connectivity index (χ1) is 6.18. The number of piperidine rings is 1. The molecule has 1 fully saturated rings. The quantitative estimate of drug-likeness (QED) is 0.557. The smallest absolute Gasteiger partial charge is 0.303 e. The Morgan fingerprint density at radius 1 is 1.54 bits per heavy atom. The number of nitrogens with zero attached hydrogens (tertiary/aromatic N) is 1. The molecule has 1 saturated heterocycles. The maximum Gasteiger partial charge on any atom is 0.303 e. The van der Waals surface area contributed by atoms with Crippen molar-refractivity contribution in [2.45, 2.75) is 25.7 Å². The standard InChI is InChI=1S/C9H16NO2P/c11-9(12)3-1-2-8-4-6-10(13)7-5-8/h2H,1,3-7,13H2,(H,11,12). The van der Waals surface area contributed by atoms with Crippen molar-refractivity contribution in [3.05, 3.63) is 11.6 Å². The summed E-state index contributed by atoms with van der Waals surface area (Å²) >= 11 is 0. The third-order valence-corrected chi connectivity index (χ3v) is 2.75. The molecular weight excluding hydrogens is 185 g/mol. The second kappa shape index (κ2) is 5.36. The Morgan fingerprint density at radius 3 is 2.69 bits per heavy atom. The van der Waals surface area contributed by atoms with Gasteiger partial charge in [-0.2, -0.15) is 0 Å². The number of carbonyl (C=O) groups is 1. The van der Waals surface area contributed by atoms with Crippen LogP contribution in [0.25, 0.3) is 0 Å². The number of allylic oxidation sites excluding steroid dienone is 1. The largest absolute Gasteiger partial charge is 0.481 e. The molecule has 1 aliphatic heterocycles. The van der Waals surface area contributed by atoms with Crippen LogP contribution in [0, 0.1) is 0 Å². The molecule has 1 N–H and O–H groups in total. The van der Waals surface area contributed by atoms with Gasteiger partial charge in [-0.3, -0.25) is 9.46 Å². The summed E-state index contributed by atoms with van der Waals surface area (Å²) < 4.78 is 2.22. The third-order valence-electron chi connectivity index (χ3n) is 2.23. The van der Waals surface area contributed by atoms with Crippen LogP contribution in [-0.2, 0) is 4.79 Å². The van der Waals surface area contributed by atoms with Crippen LogP contribution >= 0.6 is 9.39 Å². The number of hydrogen-bond acceptors (Lipinski definition) is 2. The van der Waals surface area contributed by atoms with Crippen LogP contribution < -0.4 is 0 Å². The fourth-order valence-corrected chi connectivity index (χ4v) is 1.67. The Labute approximate surface area is 81.1 Å². The fourth-order valence-electron chi connectivity index (χ4n) is 1.42. The highest BCUT2D eigenvalue weighted by Crippen LogP contribution is 2.19. The van der Waals surface area contributed by atoms with Gasteiger partial charge in [0.05, 0.1) is 0 Å². The SMILES string of the molecule is O=C(O)CCC=C1CCN(P)CC1. The zero-order chi connectivity index (χ0) is 9.68. The van der Waals surface area contributed by atoms with E-state index in [0.717, 1.165) is 25.9 Å². The Hall–Kier alpha value is -0.400. The minimum absolute atomic E-state index is 0.258. The molecule has 0 bridgehead atoms. The van der Waals surface area contributed by atoms with Crippen LogP contribution in [0.15, 0.2) is 11.6 Å². The van der Waals surface area contributed by atoms with E-state index < -0.39 is 5.97 Å². The van der Waals surface area contributed by atoms with Gasteiger partial charge in [-0.05, 0) is 19.3 Å². The van der Waals surface area contributed by atoms with E-state index in [2.05, 4.69) is 20.1 Å². The maximum atomic E-state index is 10.3. The summed E-state index contributed by atoms with van der Waals surface area (Å²) in [6.07, 6.45) is 5.20. The van der Waals surface area contributed by atoms with Gasteiger partial charge in [0, 0.05) is 19.5 Å². The molecule has 0 radical (unpaired) electrons. The average Bonchev–Trinajstić information content (AvgIpc) is 2.08. The van der Waals surface area contributed by atoms with Gasteiger partial charge in [0.1, 0.15) is 0 Å². The summed E-state index contributed by atoms with van der Waals surface area (Å²) in [5, 5.41) is 8.44. The van der Waals surface area contributed by atoms with Crippen molar-refractivity contribution in [3.8, 4) is 0 Å². The van der Waals surface area contributed by atoms with E-state index in [0.29, 0.717) is 6.42 Å². The Balaban J connectivity index is 2.23. The molecule has 1 rings (SSSR count). The molecule has 0 aromatic carbocycles. The van der Waals surface area contributed by atoms with Crippen LogP contribution in [0.2, 0.25) is 0 Å². The van der Waals surface area contributed by atoms with E-state index in [4.69, 9.17) is 5.11 Å². The second-order valence-corrected chi connectivity index (χ2v) is 4.06. The normalized spacial score (nSPS) is 18.7. The topological polar surface area (TPSA) is 40.5 Å². The molecule has 1 heterocycles. The van der Waals surface area contributed by atoms with E-state index in [1.807, 2.05) is 0 Å². The molecule has 0 amide bonds. The Bertz CT molecular complexity index is 206. The second-order valence-electron chi connectivity index (χ2n) is 3.33. The minimum Gasteiger partial charge on any atom is -0.481 e. The van der Waals surface area contributed by atoms with Crippen LogP contribution in [-0.4, -0.2) is 28.8 Å². The number of rotatable bonds is 3. The van der Waals surface area contributed by atoms with E-state index in [9.17, 15) is 4.79 Å². The predicted octanol–water partition coefficient (Wildman–Crippen LogP) is 1.66. The van der Waals surface area contributed by atoms with Crippen LogP contribution in [0.4, 0.5) is 0 Å². The van der Waals surface area contributed by atoms with Gasteiger partial charge < -0.3 is 5.11 Å². The van der Waals surface area contributed by atoms with Crippen LogP contribution in [0.3, 0.4) is 0 Å². The summed E-state index contributed by atoms with van der Waals surface area (Å²) in [5.41, 5.74) is 1.42. The van der Waals surface area contributed by atoms with Gasteiger partial charge in [-0.1, -0.05) is 21.0 Å². The summed E-state index contributed by atoms with van der Waals surface area (Å²) in [7, 11) is 2.70. The number of carboxylic acids is 1. The summed E-state index contributed by atoms with van der Waals surface area (Å²) in [6, 6.07) is 0. The molecule has 13 heavy (non-hydrogen) atoms. The van der Waals surface area contributed by atoms with Crippen molar-refractivity contribution in [2.24, 2.45) is 0 Å². The first-order valence-electron chi connectivity index (χ1n) is 4.58. The Kier molecular flexibility index (Phi) is 4.40. The third kappa shape index (κ3) is 4.39. The molecule has 0 spiro atoms. The highest BCUT2D eigenvalue weighted by atomic mass is 31.0.